The van der Waals surface area contributed by atoms with Crippen LogP contribution in [-0.4, -0.2) is 52.6 Å². The van der Waals surface area contributed by atoms with Gasteiger partial charge in [0.2, 0.25) is 21.1 Å². The number of nitrogens with zero attached hydrogens (tertiary/aromatic N) is 2. The number of hydrogen-bond donors (Lipinski definition) is 4. The van der Waals surface area contributed by atoms with Gasteiger partial charge in [0.05, 0.1) is 10.9 Å². The van der Waals surface area contributed by atoms with Crippen LogP contribution in [0, 0.1) is 0 Å². The molecule has 2 heterocycles. The Hall–Kier alpha value is -2.93. The van der Waals surface area contributed by atoms with Crippen molar-refractivity contribution in [3.05, 3.63) is 59.2 Å². The molecule has 35 heavy (non-hydrogen) atoms. The van der Waals surface area contributed by atoms with E-state index in [0.717, 1.165) is 12.0 Å². The monoisotopic (exact) mass is 517 g/mol. The van der Waals surface area contributed by atoms with Crippen molar-refractivity contribution < 1.29 is 23.1 Å². The van der Waals surface area contributed by atoms with Crippen molar-refractivity contribution in [2.75, 3.05) is 11.6 Å². The Balaban J connectivity index is 1.66. The summed E-state index contributed by atoms with van der Waals surface area (Å²) < 4.78 is 34.9. The first-order valence-electron chi connectivity index (χ1n) is 10.9. The van der Waals surface area contributed by atoms with Crippen molar-refractivity contribution >= 4 is 33.6 Å². The molecule has 2 aromatic carbocycles. The first-order valence-corrected chi connectivity index (χ1v) is 13.6. The van der Waals surface area contributed by atoms with Gasteiger partial charge in [0, 0.05) is 11.1 Å². The van der Waals surface area contributed by atoms with Gasteiger partial charge in [-0.05, 0) is 62.4 Å². The number of amides is 1. The Bertz CT molecular complexity index is 1340. The lowest BCUT2D eigenvalue weighted by molar-refractivity contribution is -0.0603. The van der Waals surface area contributed by atoms with Gasteiger partial charge in [-0.15, -0.1) is 5.10 Å². The number of aliphatic hydroxyl groups excluding tert-OH is 1. The molecule has 1 aromatic heterocycles. The Morgan fingerprint density at radius 2 is 1.94 bits per heavy atom. The van der Waals surface area contributed by atoms with Crippen LogP contribution in [0.2, 0.25) is 0 Å². The fourth-order valence-corrected chi connectivity index (χ4v) is 5.32. The predicted octanol–water partition coefficient (Wildman–Crippen LogP) is 2.89. The molecule has 0 saturated heterocycles. The third-order valence-electron chi connectivity index (χ3n) is 5.81. The molecule has 2 atom stereocenters. The van der Waals surface area contributed by atoms with Crippen LogP contribution in [-0.2, 0) is 16.4 Å². The molecule has 0 aliphatic carbocycles. The van der Waals surface area contributed by atoms with Gasteiger partial charge < -0.3 is 9.84 Å². The van der Waals surface area contributed by atoms with Gasteiger partial charge in [-0.3, -0.25) is 10.1 Å². The summed E-state index contributed by atoms with van der Waals surface area (Å²) in [4.78, 5) is 17.0. The Labute approximate surface area is 207 Å². The van der Waals surface area contributed by atoms with Crippen LogP contribution in [0.15, 0.2) is 52.5 Å². The van der Waals surface area contributed by atoms with Crippen LogP contribution in [0.4, 0.5) is 5.95 Å². The molecule has 10 nitrogen and oxygen atoms in total. The van der Waals surface area contributed by atoms with E-state index < -0.39 is 33.7 Å². The zero-order valence-electron chi connectivity index (χ0n) is 19.7. The number of H-pyrrole nitrogens is 1. The number of thioether (sulfide) groups is 1. The minimum atomic E-state index is -3.98. The minimum absolute atomic E-state index is 0.0802. The van der Waals surface area contributed by atoms with Crippen molar-refractivity contribution in [3.63, 3.8) is 0 Å². The first-order chi connectivity index (χ1) is 16.5. The Kier molecular flexibility index (Phi) is 6.91. The lowest BCUT2D eigenvalue weighted by atomic mass is 9.86. The highest BCUT2D eigenvalue weighted by Gasteiger charge is 2.44. The molecule has 4 rings (SSSR count). The number of aromatic nitrogens is 3. The van der Waals surface area contributed by atoms with Gasteiger partial charge >= 0.3 is 0 Å². The van der Waals surface area contributed by atoms with Gasteiger partial charge in [0.25, 0.3) is 5.91 Å². The quantitative estimate of drug-likeness (QED) is 0.350. The molecule has 1 amide bonds. The average molecular weight is 518 g/mol. The number of sulfonamides is 1. The molecule has 4 N–H and O–H groups in total. The Morgan fingerprint density at radius 1 is 1.23 bits per heavy atom. The number of nitrogens with one attached hydrogen (secondary N) is 3. The predicted molar refractivity (Wildman–Crippen MR) is 132 cm³/mol. The van der Waals surface area contributed by atoms with E-state index in [1.54, 1.807) is 38.1 Å². The van der Waals surface area contributed by atoms with Crippen LogP contribution < -0.4 is 14.8 Å². The maximum atomic E-state index is 13.2. The molecule has 186 valence electrons. The second kappa shape index (κ2) is 9.61. The van der Waals surface area contributed by atoms with E-state index in [1.807, 2.05) is 13.2 Å². The van der Waals surface area contributed by atoms with Crippen molar-refractivity contribution in [3.8, 4) is 5.75 Å². The maximum Gasteiger partial charge on any atom is 0.258 e. The van der Waals surface area contributed by atoms with Crippen molar-refractivity contribution in [1.82, 2.24) is 19.9 Å². The minimum Gasteiger partial charge on any atom is -0.485 e. The van der Waals surface area contributed by atoms with Crippen LogP contribution in [0.5, 0.6) is 5.75 Å². The fraction of sp³-hybridized carbons (Fsp3) is 0.348. The highest BCUT2D eigenvalue weighted by atomic mass is 32.2. The molecule has 0 unspecified atom stereocenters. The Morgan fingerprint density at radius 3 is 2.57 bits per heavy atom. The first kappa shape index (κ1) is 25.2. The van der Waals surface area contributed by atoms with Gasteiger partial charge in [0.1, 0.15) is 17.5 Å². The number of aromatic amines is 1. The SMILES string of the molecule is CCc1ccc(S(=O)(=O)N[C@@H]2c3cc(C(=O)Nc4nc(SC)n[nH]4)ccc3OC(C)(C)[C@H]2O)cc1. The number of carbonyl (C=O) groups is 1. The summed E-state index contributed by atoms with van der Waals surface area (Å²) in [6.07, 6.45) is 1.37. The van der Waals surface area contributed by atoms with E-state index in [2.05, 4.69) is 25.2 Å². The zero-order valence-corrected chi connectivity index (χ0v) is 21.3. The van der Waals surface area contributed by atoms with E-state index >= 15 is 0 Å². The van der Waals surface area contributed by atoms with E-state index in [0.29, 0.717) is 16.5 Å². The number of ether oxygens (including phenoxy) is 1. The number of aliphatic hydroxyl groups is 1. The van der Waals surface area contributed by atoms with Gasteiger partial charge in [-0.1, -0.05) is 30.8 Å². The number of rotatable bonds is 7. The normalized spacial score (nSPS) is 19.0. The van der Waals surface area contributed by atoms with Crippen LogP contribution in [0.1, 0.15) is 48.3 Å². The number of fused-ring (bicyclic) bond motifs is 1. The number of carbonyl (C=O) groups excluding carboxylic acids is 1. The van der Waals surface area contributed by atoms with E-state index in [1.165, 1.54) is 30.0 Å². The standard InChI is InChI=1S/C23H27N5O5S2/c1-5-13-6-9-15(10-7-13)35(31,32)28-18-16-12-14(8-11-17(16)33-23(2,3)19(18)29)20(30)24-21-25-22(34-4)27-26-21/h6-12,18-19,28-29H,5H2,1-4H3,(H2,24,25,26,27,30)/t18-,19+/m1/s1. The highest BCUT2D eigenvalue weighted by molar-refractivity contribution is 7.98. The molecule has 1 aliphatic rings. The van der Waals surface area contributed by atoms with E-state index in [9.17, 15) is 18.3 Å². The lowest BCUT2D eigenvalue weighted by Crippen LogP contribution is -2.53. The van der Waals surface area contributed by atoms with Crippen LogP contribution in [0.25, 0.3) is 0 Å². The van der Waals surface area contributed by atoms with Crippen molar-refractivity contribution in [1.29, 1.82) is 0 Å². The zero-order chi connectivity index (χ0) is 25.4. The number of hydrogen-bond acceptors (Lipinski definition) is 8. The number of aryl methyl sites for hydroxylation is 1. The van der Waals surface area contributed by atoms with Gasteiger partial charge in [-0.25, -0.2) is 18.2 Å². The van der Waals surface area contributed by atoms with Crippen molar-refractivity contribution in [2.24, 2.45) is 0 Å². The summed E-state index contributed by atoms with van der Waals surface area (Å²) in [6.45, 7) is 5.33. The molecular weight excluding hydrogens is 490 g/mol. The fourth-order valence-electron chi connectivity index (χ4n) is 3.78. The summed E-state index contributed by atoms with van der Waals surface area (Å²) in [5.74, 6) is 0.0742. The van der Waals surface area contributed by atoms with Crippen LogP contribution in [0.3, 0.4) is 0 Å². The summed E-state index contributed by atoms with van der Waals surface area (Å²) in [7, 11) is -3.98. The van der Waals surface area contributed by atoms with Crippen molar-refractivity contribution in [2.45, 2.75) is 55.0 Å². The molecule has 0 spiro atoms. The molecular formula is C23H27N5O5S2. The summed E-state index contributed by atoms with van der Waals surface area (Å²) in [5, 5.41) is 20.7. The third-order valence-corrected chi connectivity index (χ3v) is 7.82. The second-order valence-corrected chi connectivity index (χ2v) is 11.1. The largest absolute Gasteiger partial charge is 0.485 e. The molecule has 0 bridgehead atoms. The summed E-state index contributed by atoms with van der Waals surface area (Å²) in [6, 6.07) is 10.2. The van der Waals surface area contributed by atoms with Gasteiger partial charge in [0.15, 0.2) is 0 Å². The number of benzene rings is 2. The highest BCUT2D eigenvalue weighted by Crippen LogP contribution is 2.41. The summed E-state index contributed by atoms with van der Waals surface area (Å²) in [5.41, 5.74) is 0.511. The van der Waals surface area contributed by atoms with E-state index in [-0.39, 0.29) is 16.4 Å². The molecule has 12 heteroatoms. The topological polar surface area (TPSA) is 146 Å². The second-order valence-electron chi connectivity index (χ2n) is 8.62. The molecule has 0 saturated carbocycles. The number of anilines is 1. The molecule has 0 fully saturated rings. The van der Waals surface area contributed by atoms with Gasteiger partial charge in [-0.2, -0.15) is 4.98 Å². The maximum absolute atomic E-state index is 13.2. The average Bonchev–Trinajstić information content (AvgIpc) is 3.29. The molecule has 1 aliphatic heterocycles. The van der Waals surface area contributed by atoms with Crippen LogP contribution >= 0.6 is 11.8 Å². The molecule has 3 aromatic rings. The lowest BCUT2D eigenvalue weighted by Gasteiger charge is -2.42. The summed E-state index contributed by atoms with van der Waals surface area (Å²) >= 11 is 1.32. The third kappa shape index (κ3) is 5.20. The smallest absolute Gasteiger partial charge is 0.258 e. The van der Waals surface area contributed by atoms with E-state index in [4.69, 9.17) is 4.74 Å². The molecule has 0 radical (unpaired) electrons.